The Balaban J connectivity index is 2.57. The van der Waals surface area contributed by atoms with Crippen LogP contribution in [0.2, 0.25) is 0 Å². The summed E-state index contributed by atoms with van der Waals surface area (Å²) in [6.45, 7) is -0.730. The Labute approximate surface area is 90.1 Å². The van der Waals surface area contributed by atoms with Crippen LogP contribution in [0.3, 0.4) is 0 Å². The van der Waals surface area contributed by atoms with Gasteiger partial charge in [-0.3, -0.25) is 4.52 Å². The van der Waals surface area contributed by atoms with E-state index in [1.54, 1.807) is 0 Å². The second kappa shape index (κ2) is 5.05. The van der Waals surface area contributed by atoms with Gasteiger partial charge in [0.25, 0.3) is 0 Å². The number of aliphatic hydroxyl groups is 4. The molecule has 9 nitrogen and oxygen atoms in total. The molecule has 0 amide bonds. The van der Waals surface area contributed by atoms with Crippen molar-refractivity contribution in [2.75, 3.05) is 6.61 Å². The summed E-state index contributed by atoms with van der Waals surface area (Å²) in [4.78, 5) is 16.8. The maximum absolute atomic E-state index is 10.4. The SMILES string of the molecule is O=P(O)(O)OC[C@H]1O[C@H](O)[C@H](O)[C@@H](O)[C@H]1O. The number of phosphoric ester groups is 1. The number of aliphatic hydroxyl groups excluding tert-OH is 4. The molecule has 1 heterocycles. The highest BCUT2D eigenvalue weighted by atomic mass is 31.2. The fourth-order valence-electron chi connectivity index (χ4n) is 1.24. The van der Waals surface area contributed by atoms with Crippen molar-refractivity contribution in [2.45, 2.75) is 30.7 Å². The van der Waals surface area contributed by atoms with Crippen molar-refractivity contribution in [3.05, 3.63) is 0 Å². The lowest BCUT2D eigenvalue weighted by Gasteiger charge is -2.38. The molecular weight excluding hydrogens is 247 g/mol. The molecule has 10 heteroatoms. The standard InChI is InChI=1S/C6H13O9P/c7-3-2(1-14-16(11,12)13)15-6(10)5(9)4(3)8/h2-10H,1H2,(H2,11,12,13)/t2-,3+,4+,5-,6+/m1/s1. The van der Waals surface area contributed by atoms with Crippen molar-refractivity contribution in [2.24, 2.45) is 0 Å². The van der Waals surface area contributed by atoms with E-state index in [4.69, 9.17) is 20.0 Å². The molecule has 1 saturated heterocycles. The van der Waals surface area contributed by atoms with E-state index in [-0.39, 0.29) is 0 Å². The molecule has 5 atom stereocenters. The van der Waals surface area contributed by atoms with Crippen LogP contribution in [0.15, 0.2) is 0 Å². The highest BCUT2D eigenvalue weighted by Crippen LogP contribution is 2.36. The van der Waals surface area contributed by atoms with Crippen LogP contribution in [-0.4, -0.2) is 67.5 Å². The summed E-state index contributed by atoms with van der Waals surface area (Å²) in [5.41, 5.74) is 0. The van der Waals surface area contributed by atoms with Crippen molar-refractivity contribution < 1.29 is 44.0 Å². The van der Waals surface area contributed by atoms with Gasteiger partial charge < -0.3 is 34.9 Å². The zero-order valence-corrected chi connectivity index (χ0v) is 8.84. The third-order valence-corrected chi connectivity index (χ3v) is 2.58. The second-order valence-corrected chi connectivity index (χ2v) is 4.56. The second-order valence-electron chi connectivity index (χ2n) is 3.32. The van der Waals surface area contributed by atoms with Gasteiger partial charge in [0.05, 0.1) is 6.61 Å². The van der Waals surface area contributed by atoms with Crippen molar-refractivity contribution in [3.8, 4) is 0 Å². The van der Waals surface area contributed by atoms with E-state index in [1.807, 2.05) is 0 Å². The predicted molar refractivity (Wildman–Crippen MR) is 46.9 cm³/mol. The van der Waals surface area contributed by atoms with Crippen LogP contribution in [0.4, 0.5) is 0 Å². The molecule has 0 unspecified atom stereocenters. The Hall–Kier alpha value is -0.0900. The van der Waals surface area contributed by atoms with Gasteiger partial charge in [0, 0.05) is 0 Å². The molecule has 1 fully saturated rings. The molecule has 0 aromatic carbocycles. The lowest BCUT2D eigenvalue weighted by atomic mass is 10.00. The summed E-state index contributed by atoms with van der Waals surface area (Å²) < 4.78 is 19.0. The zero-order valence-electron chi connectivity index (χ0n) is 7.95. The molecule has 0 aromatic heterocycles. The van der Waals surface area contributed by atoms with Gasteiger partial charge in [-0.1, -0.05) is 0 Å². The van der Waals surface area contributed by atoms with E-state index in [0.717, 1.165) is 0 Å². The first-order valence-corrected chi connectivity index (χ1v) is 5.83. The molecule has 1 aliphatic rings. The molecule has 0 spiro atoms. The van der Waals surface area contributed by atoms with Gasteiger partial charge in [-0.2, -0.15) is 0 Å². The molecule has 0 radical (unpaired) electrons. The number of phosphoric acid groups is 1. The lowest BCUT2D eigenvalue weighted by molar-refractivity contribution is -0.285. The summed E-state index contributed by atoms with van der Waals surface area (Å²) in [6.07, 6.45) is -8.11. The number of hydrogen-bond acceptors (Lipinski definition) is 7. The smallest absolute Gasteiger partial charge is 0.387 e. The molecule has 96 valence electrons. The topological polar surface area (TPSA) is 157 Å². The fraction of sp³-hybridized carbons (Fsp3) is 1.00. The van der Waals surface area contributed by atoms with Crippen LogP contribution in [0.5, 0.6) is 0 Å². The van der Waals surface area contributed by atoms with Crippen molar-refractivity contribution in [3.63, 3.8) is 0 Å². The van der Waals surface area contributed by atoms with Crippen LogP contribution in [0.25, 0.3) is 0 Å². The minimum atomic E-state index is -4.73. The van der Waals surface area contributed by atoms with Crippen LogP contribution in [-0.2, 0) is 13.8 Å². The van der Waals surface area contributed by atoms with Crippen LogP contribution < -0.4 is 0 Å². The van der Waals surface area contributed by atoms with E-state index < -0.39 is 45.1 Å². The van der Waals surface area contributed by atoms with E-state index in [2.05, 4.69) is 9.26 Å². The summed E-state index contributed by atoms with van der Waals surface area (Å²) in [7, 11) is -4.73. The van der Waals surface area contributed by atoms with Gasteiger partial charge in [-0.05, 0) is 0 Å². The van der Waals surface area contributed by atoms with Crippen molar-refractivity contribution in [1.29, 1.82) is 0 Å². The quantitative estimate of drug-likeness (QED) is 0.289. The highest BCUT2D eigenvalue weighted by Gasteiger charge is 2.43. The molecule has 0 saturated carbocycles. The maximum atomic E-state index is 10.4. The van der Waals surface area contributed by atoms with Gasteiger partial charge in [-0.25, -0.2) is 4.57 Å². The Morgan fingerprint density at radius 1 is 1.06 bits per heavy atom. The van der Waals surface area contributed by atoms with E-state index >= 15 is 0 Å². The van der Waals surface area contributed by atoms with E-state index in [1.165, 1.54) is 0 Å². The number of ether oxygens (including phenoxy) is 1. The van der Waals surface area contributed by atoms with Crippen molar-refractivity contribution >= 4 is 7.82 Å². The minimum absolute atomic E-state index is 0.730. The predicted octanol–water partition coefficient (Wildman–Crippen LogP) is -3.10. The average Bonchev–Trinajstić information content (AvgIpc) is 2.17. The molecule has 1 rings (SSSR count). The molecule has 0 aromatic rings. The largest absolute Gasteiger partial charge is 0.469 e. The fourth-order valence-corrected chi connectivity index (χ4v) is 1.58. The Bertz CT molecular complexity index is 277. The molecular formula is C6H13O9P. The first-order valence-electron chi connectivity index (χ1n) is 4.30. The Morgan fingerprint density at radius 2 is 1.62 bits per heavy atom. The molecule has 1 aliphatic heterocycles. The molecule has 16 heavy (non-hydrogen) atoms. The van der Waals surface area contributed by atoms with E-state index in [9.17, 15) is 14.8 Å². The van der Waals surface area contributed by atoms with Crippen molar-refractivity contribution in [1.82, 2.24) is 0 Å². The molecule has 6 N–H and O–H groups in total. The van der Waals surface area contributed by atoms with Gasteiger partial charge in [0.2, 0.25) is 0 Å². The summed E-state index contributed by atoms with van der Waals surface area (Å²) >= 11 is 0. The summed E-state index contributed by atoms with van der Waals surface area (Å²) in [6, 6.07) is 0. The van der Waals surface area contributed by atoms with Crippen LogP contribution in [0, 0.1) is 0 Å². The molecule has 0 bridgehead atoms. The first kappa shape index (κ1) is 14.0. The Morgan fingerprint density at radius 3 is 2.12 bits per heavy atom. The summed E-state index contributed by atoms with van der Waals surface area (Å²) in [5, 5.41) is 36.7. The minimum Gasteiger partial charge on any atom is -0.387 e. The first-order chi connectivity index (χ1) is 7.22. The van der Waals surface area contributed by atoms with Gasteiger partial charge in [0.1, 0.15) is 24.4 Å². The van der Waals surface area contributed by atoms with Gasteiger partial charge in [0.15, 0.2) is 6.29 Å². The highest BCUT2D eigenvalue weighted by molar-refractivity contribution is 7.46. The average molecular weight is 260 g/mol. The monoisotopic (exact) mass is 260 g/mol. The lowest BCUT2D eigenvalue weighted by Crippen LogP contribution is -2.58. The third-order valence-electron chi connectivity index (χ3n) is 2.09. The third kappa shape index (κ3) is 3.45. The number of hydrogen-bond donors (Lipinski definition) is 6. The normalized spacial score (nSPS) is 41.0. The Kier molecular flexibility index (Phi) is 4.41. The van der Waals surface area contributed by atoms with Gasteiger partial charge >= 0.3 is 7.82 Å². The zero-order chi connectivity index (χ0) is 12.5. The summed E-state index contributed by atoms with van der Waals surface area (Å²) in [5.74, 6) is 0. The van der Waals surface area contributed by atoms with Crippen LogP contribution >= 0.6 is 7.82 Å². The van der Waals surface area contributed by atoms with E-state index in [0.29, 0.717) is 0 Å². The molecule has 0 aliphatic carbocycles. The van der Waals surface area contributed by atoms with Gasteiger partial charge in [-0.15, -0.1) is 0 Å². The van der Waals surface area contributed by atoms with Crippen LogP contribution in [0.1, 0.15) is 0 Å². The number of rotatable bonds is 3. The maximum Gasteiger partial charge on any atom is 0.469 e.